The third-order valence-electron chi connectivity index (χ3n) is 4.54. The molecule has 0 bridgehead atoms. The minimum absolute atomic E-state index is 0.324. The molecule has 0 radical (unpaired) electrons. The number of guanidine groups is 1. The summed E-state index contributed by atoms with van der Waals surface area (Å²) < 4.78 is 6.47. The van der Waals surface area contributed by atoms with E-state index in [2.05, 4.69) is 27.8 Å². The van der Waals surface area contributed by atoms with Gasteiger partial charge in [-0.2, -0.15) is 0 Å². The Bertz CT molecular complexity index is 707. The number of hydrogen-bond acceptors (Lipinski definition) is 5. The third-order valence-corrected chi connectivity index (χ3v) is 5.75. The highest BCUT2D eigenvalue weighted by Crippen LogP contribution is 2.29. The van der Waals surface area contributed by atoms with Gasteiger partial charge < -0.3 is 25.6 Å². The highest BCUT2D eigenvalue weighted by Gasteiger charge is 2.29. The molecule has 2 aromatic rings. The van der Waals surface area contributed by atoms with Gasteiger partial charge in [0.1, 0.15) is 6.10 Å². The highest BCUT2D eigenvalue weighted by molar-refractivity contribution is 7.19. The van der Waals surface area contributed by atoms with Crippen LogP contribution >= 0.6 is 11.3 Å². The predicted octanol–water partition coefficient (Wildman–Crippen LogP) is 2.03. The summed E-state index contributed by atoms with van der Waals surface area (Å²) in [5, 5.41) is 28.5. The molecule has 0 spiro atoms. The number of aliphatic hydroxyl groups is 2. The Hall–Kier alpha value is -1.67. The van der Waals surface area contributed by atoms with Crippen molar-refractivity contribution in [2.45, 2.75) is 31.5 Å². The van der Waals surface area contributed by atoms with Gasteiger partial charge in [0.2, 0.25) is 0 Å². The van der Waals surface area contributed by atoms with E-state index in [9.17, 15) is 10.2 Å². The first kappa shape index (κ1) is 19.1. The van der Waals surface area contributed by atoms with Gasteiger partial charge in [-0.05, 0) is 24.4 Å². The second kappa shape index (κ2) is 8.81. The average Bonchev–Trinajstić information content (AvgIpc) is 3.09. The van der Waals surface area contributed by atoms with Gasteiger partial charge in [-0.3, -0.25) is 4.99 Å². The molecule has 2 heterocycles. The van der Waals surface area contributed by atoms with Crippen LogP contribution in [0.4, 0.5) is 0 Å². The molecule has 7 heteroatoms. The molecule has 0 saturated carbocycles. The summed E-state index contributed by atoms with van der Waals surface area (Å²) in [6.45, 7) is 4.53. The molecule has 0 amide bonds. The van der Waals surface area contributed by atoms with Gasteiger partial charge in [-0.15, -0.1) is 11.3 Å². The predicted molar refractivity (Wildman–Crippen MR) is 106 cm³/mol. The van der Waals surface area contributed by atoms with E-state index in [1.807, 2.05) is 25.1 Å². The summed E-state index contributed by atoms with van der Waals surface area (Å²) in [7, 11) is 0. The topological polar surface area (TPSA) is 86.1 Å². The zero-order valence-corrected chi connectivity index (χ0v) is 15.9. The lowest BCUT2D eigenvalue weighted by atomic mass is 9.95. The fourth-order valence-electron chi connectivity index (χ4n) is 2.94. The number of ether oxygens (including phenoxy) is 1. The fourth-order valence-corrected chi connectivity index (χ4v) is 3.99. The van der Waals surface area contributed by atoms with Crippen molar-refractivity contribution in [2.24, 2.45) is 4.99 Å². The monoisotopic (exact) mass is 377 g/mol. The maximum absolute atomic E-state index is 10.5. The molecule has 26 heavy (non-hydrogen) atoms. The molecule has 6 nitrogen and oxygen atoms in total. The Kier molecular flexibility index (Phi) is 6.48. The number of fused-ring (bicyclic) bond motifs is 1. The fraction of sp³-hybridized carbons (Fsp3) is 0.526. The van der Waals surface area contributed by atoms with Crippen LogP contribution in [-0.2, 0) is 4.74 Å². The summed E-state index contributed by atoms with van der Waals surface area (Å²) >= 11 is 1.60. The summed E-state index contributed by atoms with van der Waals surface area (Å²) in [5.41, 5.74) is -0.801. The van der Waals surface area contributed by atoms with E-state index in [1.165, 1.54) is 4.70 Å². The van der Waals surface area contributed by atoms with Crippen LogP contribution in [0.5, 0.6) is 0 Å². The number of aliphatic imine (C=N–C) groups is 1. The van der Waals surface area contributed by atoms with Gasteiger partial charge >= 0.3 is 0 Å². The normalized spacial score (nSPS) is 18.7. The molecule has 1 saturated heterocycles. The Morgan fingerprint density at radius 2 is 2.08 bits per heavy atom. The molecule has 1 unspecified atom stereocenters. The molecular weight excluding hydrogens is 350 g/mol. The molecule has 3 rings (SSSR count). The van der Waals surface area contributed by atoms with Crippen molar-refractivity contribution in [3.8, 4) is 0 Å². The van der Waals surface area contributed by atoms with Gasteiger partial charge in [-0.25, -0.2) is 0 Å². The van der Waals surface area contributed by atoms with Crippen LogP contribution in [0.2, 0.25) is 0 Å². The van der Waals surface area contributed by atoms with Crippen molar-refractivity contribution in [3.63, 3.8) is 0 Å². The van der Waals surface area contributed by atoms with E-state index < -0.39 is 11.7 Å². The maximum Gasteiger partial charge on any atom is 0.191 e. The number of nitrogens with one attached hydrogen (secondary N) is 2. The first-order valence-corrected chi connectivity index (χ1v) is 9.90. The average molecular weight is 378 g/mol. The standard InChI is InChI=1S/C19H27N3O3S/c1-2-20-18(22-13-19(24)7-9-25-10-8-19)21-12-15(23)17-11-14-5-3-4-6-16(14)26-17/h3-6,11,15,23-24H,2,7-10,12-13H2,1H3,(H2,20,21,22). The largest absolute Gasteiger partial charge is 0.388 e. The molecule has 4 N–H and O–H groups in total. The molecule has 1 fully saturated rings. The van der Waals surface area contributed by atoms with Gasteiger partial charge in [0.05, 0.1) is 12.1 Å². The molecule has 1 aliphatic heterocycles. The lowest BCUT2D eigenvalue weighted by Crippen LogP contribution is -2.43. The van der Waals surface area contributed by atoms with E-state index in [-0.39, 0.29) is 0 Å². The number of thiophene rings is 1. The number of nitrogens with zero attached hydrogens (tertiary/aromatic N) is 1. The summed E-state index contributed by atoms with van der Waals surface area (Å²) in [4.78, 5) is 5.43. The Labute approximate surface area is 157 Å². The van der Waals surface area contributed by atoms with Crippen LogP contribution < -0.4 is 10.6 Å². The lowest BCUT2D eigenvalue weighted by molar-refractivity contribution is -0.0566. The van der Waals surface area contributed by atoms with Crippen LogP contribution in [0.3, 0.4) is 0 Å². The molecule has 1 atom stereocenters. The van der Waals surface area contributed by atoms with E-state index in [4.69, 9.17) is 4.74 Å². The van der Waals surface area contributed by atoms with Crippen LogP contribution in [0.15, 0.2) is 35.3 Å². The zero-order valence-electron chi connectivity index (χ0n) is 15.1. The minimum Gasteiger partial charge on any atom is -0.388 e. The van der Waals surface area contributed by atoms with Crippen molar-refractivity contribution >= 4 is 27.4 Å². The molecular formula is C19H27N3O3S. The Morgan fingerprint density at radius 1 is 1.31 bits per heavy atom. The Morgan fingerprint density at radius 3 is 2.81 bits per heavy atom. The SMILES string of the molecule is CCNC(=NCC1(O)CCOCC1)NCC(O)c1cc2ccccc2s1. The molecule has 1 aromatic heterocycles. The molecule has 1 aromatic carbocycles. The number of rotatable bonds is 6. The van der Waals surface area contributed by atoms with Crippen LogP contribution in [0.25, 0.3) is 10.1 Å². The van der Waals surface area contributed by atoms with Gasteiger partial charge in [0.15, 0.2) is 5.96 Å². The van der Waals surface area contributed by atoms with Crippen molar-refractivity contribution in [1.29, 1.82) is 0 Å². The van der Waals surface area contributed by atoms with Crippen molar-refractivity contribution in [3.05, 3.63) is 35.2 Å². The van der Waals surface area contributed by atoms with Gasteiger partial charge in [0, 0.05) is 48.7 Å². The minimum atomic E-state index is -0.801. The second-order valence-electron chi connectivity index (χ2n) is 6.62. The molecule has 142 valence electrons. The zero-order chi connectivity index (χ0) is 18.4. The van der Waals surface area contributed by atoms with Crippen LogP contribution in [0, 0.1) is 0 Å². The third kappa shape index (κ3) is 4.94. The summed E-state index contributed by atoms with van der Waals surface area (Å²) in [6, 6.07) is 10.1. The quantitative estimate of drug-likeness (QED) is 0.457. The first-order valence-electron chi connectivity index (χ1n) is 9.08. The summed E-state index contributed by atoms with van der Waals surface area (Å²) in [6.07, 6.45) is 0.586. The van der Waals surface area contributed by atoms with Crippen molar-refractivity contribution < 1.29 is 14.9 Å². The van der Waals surface area contributed by atoms with Crippen molar-refractivity contribution in [2.75, 3.05) is 32.8 Å². The van der Waals surface area contributed by atoms with Gasteiger partial charge in [-0.1, -0.05) is 18.2 Å². The second-order valence-corrected chi connectivity index (χ2v) is 7.73. The van der Waals surface area contributed by atoms with E-state index in [1.54, 1.807) is 11.3 Å². The number of benzene rings is 1. The maximum atomic E-state index is 10.5. The first-order chi connectivity index (χ1) is 12.6. The molecule has 0 aliphatic carbocycles. The Balaban J connectivity index is 1.59. The van der Waals surface area contributed by atoms with Crippen LogP contribution in [-0.4, -0.2) is 54.6 Å². The lowest BCUT2D eigenvalue weighted by Gasteiger charge is -2.30. The number of aliphatic hydroxyl groups excluding tert-OH is 1. The summed E-state index contributed by atoms with van der Waals surface area (Å²) in [5.74, 6) is 0.604. The van der Waals surface area contributed by atoms with E-state index >= 15 is 0 Å². The van der Waals surface area contributed by atoms with E-state index in [0.29, 0.717) is 51.6 Å². The van der Waals surface area contributed by atoms with E-state index in [0.717, 1.165) is 10.3 Å². The van der Waals surface area contributed by atoms with Gasteiger partial charge in [0.25, 0.3) is 0 Å². The molecule has 1 aliphatic rings. The number of hydrogen-bond donors (Lipinski definition) is 4. The smallest absolute Gasteiger partial charge is 0.191 e. The van der Waals surface area contributed by atoms with Crippen molar-refractivity contribution in [1.82, 2.24) is 10.6 Å². The highest BCUT2D eigenvalue weighted by atomic mass is 32.1. The van der Waals surface area contributed by atoms with Crippen LogP contribution in [0.1, 0.15) is 30.7 Å².